The number of carbonyl (C=O) groups excluding carboxylic acids is 1. The SMILES string of the molecule is CCOc1ccc(C(=O)N2CCCCCC2)cc1COC(C)C. The summed E-state index contributed by atoms with van der Waals surface area (Å²) in [7, 11) is 0. The zero-order chi connectivity index (χ0) is 16.7. The van der Waals surface area contributed by atoms with E-state index in [-0.39, 0.29) is 12.0 Å². The Morgan fingerprint density at radius 2 is 1.87 bits per heavy atom. The summed E-state index contributed by atoms with van der Waals surface area (Å²) >= 11 is 0. The summed E-state index contributed by atoms with van der Waals surface area (Å²) in [6.45, 7) is 8.78. The fraction of sp³-hybridized carbons (Fsp3) is 0.632. The van der Waals surface area contributed by atoms with Crippen LogP contribution in [0, 0.1) is 0 Å². The highest BCUT2D eigenvalue weighted by atomic mass is 16.5. The lowest BCUT2D eigenvalue weighted by Crippen LogP contribution is -2.31. The smallest absolute Gasteiger partial charge is 0.253 e. The Labute approximate surface area is 139 Å². The molecule has 0 atom stereocenters. The third-order valence-corrected chi connectivity index (χ3v) is 4.07. The van der Waals surface area contributed by atoms with Crippen molar-refractivity contribution < 1.29 is 14.3 Å². The van der Waals surface area contributed by atoms with E-state index < -0.39 is 0 Å². The molecule has 0 aliphatic carbocycles. The second kappa shape index (κ2) is 8.92. The van der Waals surface area contributed by atoms with Crippen molar-refractivity contribution in [3.05, 3.63) is 29.3 Å². The Morgan fingerprint density at radius 3 is 2.48 bits per heavy atom. The van der Waals surface area contributed by atoms with Gasteiger partial charge in [0, 0.05) is 24.2 Å². The van der Waals surface area contributed by atoms with Gasteiger partial charge in [0.1, 0.15) is 5.75 Å². The minimum Gasteiger partial charge on any atom is -0.494 e. The first kappa shape index (κ1) is 17.8. The maximum atomic E-state index is 12.8. The molecular formula is C19H29NO3. The van der Waals surface area contributed by atoms with Crippen molar-refractivity contribution in [2.75, 3.05) is 19.7 Å². The van der Waals surface area contributed by atoms with Gasteiger partial charge in [0.15, 0.2) is 0 Å². The van der Waals surface area contributed by atoms with Gasteiger partial charge in [-0.3, -0.25) is 4.79 Å². The van der Waals surface area contributed by atoms with E-state index in [2.05, 4.69) is 0 Å². The van der Waals surface area contributed by atoms with Gasteiger partial charge in [-0.1, -0.05) is 12.8 Å². The number of ether oxygens (including phenoxy) is 2. The van der Waals surface area contributed by atoms with Crippen LogP contribution in [0.15, 0.2) is 18.2 Å². The second-order valence-corrected chi connectivity index (χ2v) is 6.32. The summed E-state index contributed by atoms with van der Waals surface area (Å²) in [5.41, 5.74) is 1.68. The first-order valence-electron chi connectivity index (χ1n) is 8.78. The van der Waals surface area contributed by atoms with Gasteiger partial charge in [0.05, 0.1) is 19.3 Å². The summed E-state index contributed by atoms with van der Waals surface area (Å²) < 4.78 is 11.4. The molecule has 1 saturated heterocycles. The first-order valence-corrected chi connectivity index (χ1v) is 8.78. The van der Waals surface area contributed by atoms with Crippen LogP contribution in [0.5, 0.6) is 5.75 Å². The van der Waals surface area contributed by atoms with E-state index in [1.165, 1.54) is 12.8 Å². The fourth-order valence-electron chi connectivity index (χ4n) is 2.83. The molecule has 0 bridgehead atoms. The average Bonchev–Trinajstić information content (AvgIpc) is 2.82. The van der Waals surface area contributed by atoms with E-state index in [0.29, 0.717) is 13.2 Å². The Kier molecular flexibility index (Phi) is 6.90. The Hall–Kier alpha value is -1.55. The highest BCUT2D eigenvalue weighted by Gasteiger charge is 2.18. The fourth-order valence-corrected chi connectivity index (χ4v) is 2.83. The van der Waals surface area contributed by atoms with Crippen molar-refractivity contribution in [2.24, 2.45) is 0 Å². The predicted octanol–water partition coefficient (Wildman–Crippen LogP) is 4.03. The van der Waals surface area contributed by atoms with Gasteiger partial charge < -0.3 is 14.4 Å². The lowest BCUT2D eigenvalue weighted by atomic mass is 10.1. The molecule has 0 N–H and O–H groups in total. The number of nitrogens with zero attached hydrogens (tertiary/aromatic N) is 1. The maximum Gasteiger partial charge on any atom is 0.253 e. The molecule has 1 heterocycles. The van der Waals surface area contributed by atoms with E-state index >= 15 is 0 Å². The molecule has 1 aromatic rings. The lowest BCUT2D eigenvalue weighted by molar-refractivity contribution is 0.0640. The molecule has 4 nitrogen and oxygen atoms in total. The Morgan fingerprint density at radius 1 is 1.17 bits per heavy atom. The molecule has 1 aliphatic heterocycles. The number of hydrogen-bond donors (Lipinski definition) is 0. The minimum atomic E-state index is 0.126. The number of likely N-dealkylation sites (tertiary alicyclic amines) is 1. The molecule has 1 amide bonds. The monoisotopic (exact) mass is 319 g/mol. The summed E-state index contributed by atoms with van der Waals surface area (Å²) in [6.07, 6.45) is 4.80. The molecule has 1 aromatic carbocycles. The van der Waals surface area contributed by atoms with Gasteiger partial charge in [-0.25, -0.2) is 0 Å². The molecule has 0 spiro atoms. The van der Waals surface area contributed by atoms with Crippen LogP contribution in [0.1, 0.15) is 62.4 Å². The van der Waals surface area contributed by atoms with Crippen molar-refractivity contribution in [2.45, 2.75) is 59.2 Å². The normalized spacial score (nSPS) is 15.6. The number of amides is 1. The van der Waals surface area contributed by atoms with E-state index in [9.17, 15) is 4.79 Å². The summed E-state index contributed by atoms with van der Waals surface area (Å²) in [5, 5.41) is 0. The molecule has 0 radical (unpaired) electrons. The molecule has 4 heteroatoms. The molecule has 1 aliphatic rings. The zero-order valence-corrected chi connectivity index (χ0v) is 14.6. The molecule has 0 aromatic heterocycles. The molecular weight excluding hydrogens is 290 g/mol. The lowest BCUT2D eigenvalue weighted by Gasteiger charge is -2.21. The topological polar surface area (TPSA) is 38.8 Å². The summed E-state index contributed by atoms with van der Waals surface area (Å²) in [4.78, 5) is 14.7. The first-order chi connectivity index (χ1) is 11.1. The van der Waals surface area contributed by atoms with Crippen LogP contribution in [0.25, 0.3) is 0 Å². The van der Waals surface area contributed by atoms with Crippen molar-refractivity contribution in [1.82, 2.24) is 4.90 Å². The second-order valence-electron chi connectivity index (χ2n) is 6.32. The standard InChI is InChI=1S/C19H29NO3/c1-4-22-18-10-9-16(13-17(18)14-23-15(2)3)19(21)20-11-7-5-6-8-12-20/h9-10,13,15H,4-8,11-12,14H2,1-3H3. The minimum absolute atomic E-state index is 0.126. The zero-order valence-electron chi connectivity index (χ0n) is 14.6. The predicted molar refractivity (Wildman–Crippen MR) is 91.9 cm³/mol. The summed E-state index contributed by atoms with van der Waals surface area (Å²) in [5.74, 6) is 0.932. The molecule has 2 rings (SSSR count). The quantitative estimate of drug-likeness (QED) is 0.795. The molecule has 1 fully saturated rings. The van der Waals surface area contributed by atoms with E-state index in [1.807, 2.05) is 43.9 Å². The largest absolute Gasteiger partial charge is 0.494 e. The Bertz CT molecular complexity index is 505. The van der Waals surface area contributed by atoms with Crippen LogP contribution in [0.4, 0.5) is 0 Å². The van der Waals surface area contributed by atoms with E-state index in [0.717, 1.165) is 42.8 Å². The van der Waals surface area contributed by atoms with Crippen LogP contribution < -0.4 is 4.74 Å². The van der Waals surface area contributed by atoms with E-state index in [1.54, 1.807) is 0 Å². The van der Waals surface area contributed by atoms with Crippen molar-refractivity contribution in [3.63, 3.8) is 0 Å². The number of benzene rings is 1. The van der Waals surface area contributed by atoms with Gasteiger partial charge in [0.2, 0.25) is 0 Å². The number of hydrogen-bond acceptors (Lipinski definition) is 3. The van der Waals surface area contributed by atoms with Gasteiger partial charge in [0.25, 0.3) is 5.91 Å². The number of rotatable bonds is 6. The molecule has 23 heavy (non-hydrogen) atoms. The van der Waals surface area contributed by atoms with Crippen molar-refractivity contribution >= 4 is 5.91 Å². The molecule has 0 saturated carbocycles. The highest BCUT2D eigenvalue weighted by Crippen LogP contribution is 2.23. The van der Waals surface area contributed by atoms with Gasteiger partial charge in [-0.05, 0) is 51.8 Å². The van der Waals surface area contributed by atoms with Crippen LogP contribution in [-0.2, 0) is 11.3 Å². The Balaban J connectivity index is 2.17. The summed E-state index contributed by atoms with van der Waals surface area (Å²) in [6, 6.07) is 5.70. The van der Waals surface area contributed by atoms with Crippen LogP contribution in [0.2, 0.25) is 0 Å². The van der Waals surface area contributed by atoms with Crippen molar-refractivity contribution in [1.29, 1.82) is 0 Å². The maximum absolute atomic E-state index is 12.8. The third kappa shape index (κ3) is 5.24. The van der Waals surface area contributed by atoms with Gasteiger partial charge >= 0.3 is 0 Å². The van der Waals surface area contributed by atoms with E-state index in [4.69, 9.17) is 9.47 Å². The van der Waals surface area contributed by atoms with Crippen molar-refractivity contribution in [3.8, 4) is 5.75 Å². The highest BCUT2D eigenvalue weighted by molar-refractivity contribution is 5.94. The number of carbonyl (C=O) groups is 1. The van der Waals surface area contributed by atoms with Crippen LogP contribution in [0.3, 0.4) is 0 Å². The van der Waals surface area contributed by atoms with Gasteiger partial charge in [-0.15, -0.1) is 0 Å². The average molecular weight is 319 g/mol. The van der Waals surface area contributed by atoms with Gasteiger partial charge in [-0.2, -0.15) is 0 Å². The van der Waals surface area contributed by atoms with Crippen LogP contribution in [-0.4, -0.2) is 36.6 Å². The molecule has 0 unspecified atom stereocenters. The third-order valence-electron chi connectivity index (χ3n) is 4.07. The molecule has 128 valence electrons. The van der Waals surface area contributed by atoms with Crippen LogP contribution >= 0.6 is 0 Å².